The fourth-order valence-electron chi connectivity index (χ4n) is 3.80. The van der Waals surface area contributed by atoms with Crippen molar-refractivity contribution in [3.05, 3.63) is 22.4 Å². The Labute approximate surface area is 121 Å². The van der Waals surface area contributed by atoms with E-state index in [1.54, 1.807) is 0 Å². The smallest absolute Gasteiger partial charge is 0.0309 e. The zero-order valence-corrected chi connectivity index (χ0v) is 12.8. The Kier molecular flexibility index (Phi) is 4.25. The van der Waals surface area contributed by atoms with Crippen molar-refractivity contribution in [2.75, 3.05) is 19.6 Å². The van der Waals surface area contributed by atoms with E-state index in [0.29, 0.717) is 5.54 Å². The lowest BCUT2D eigenvalue weighted by molar-refractivity contribution is 0.0796. The molecule has 1 aromatic rings. The van der Waals surface area contributed by atoms with Crippen LogP contribution in [-0.4, -0.2) is 36.1 Å². The molecule has 2 aliphatic rings. The number of thiophene rings is 1. The molecule has 3 heteroatoms. The van der Waals surface area contributed by atoms with Crippen LogP contribution in [0.2, 0.25) is 0 Å². The number of rotatable bonds is 4. The third kappa shape index (κ3) is 3.04. The molecular formula is C16H26N2S. The Morgan fingerprint density at radius 2 is 2.26 bits per heavy atom. The van der Waals surface area contributed by atoms with Crippen LogP contribution in [0.25, 0.3) is 0 Å². The highest BCUT2D eigenvalue weighted by atomic mass is 32.1. The van der Waals surface area contributed by atoms with Gasteiger partial charge in [-0.1, -0.05) is 25.8 Å². The molecule has 1 aliphatic heterocycles. The highest BCUT2D eigenvalue weighted by Crippen LogP contribution is 2.33. The van der Waals surface area contributed by atoms with Crippen molar-refractivity contribution in [2.45, 2.75) is 57.0 Å². The third-order valence-corrected chi connectivity index (χ3v) is 5.93. The van der Waals surface area contributed by atoms with Gasteiger partial charge in [0, 0.05) is 36.1 Å². The third-order valence-electron chi connectivity index (χ3n) is 4.99. The van der Waals surface area contributed by atoms with Crippen LogP contribution in [0.5, 0.6) is 0 Å². The first-order valence-electron chi connectivity index (χ1n) is 7.83. The SMILES string of the molecule is CCC1CNC2(CCCC2)CN1CCc1cccs1. The Morgan fingerprint density at radius 1 is 1.42 bits per heavy atom. The van der Waals surface area contributed by atoms with E-state index in [9.17, 15) is 0 Å². The van der Waals surface area contributed by atoms with Gasteiger partial charge in [0.05, 0.1) is 0 Å². The highest BCUT2D eigenvalue weighted by molar-refractivity contribution is 7.09. The van der Waals surface area contributed by atoms with Gasteiger partial charge in [-0.25, -0.2) is 0 Å². The maximum absolute atomic E-state index is 3.88. The minimum absolute atomic E-state index is 0.459. The summed E-state index contributed by atoms with van der Waals surface area (Å²) in [6.07, 6.45) is 8.11. The summed E-state index contributed by atoms with van der Waals surface area (Å²) in [5, 5.41) is 6.08. The molecule has 0 amide bonds. The number of hydrogen-bond acceptors (Lipinski definition) is 3. The van der Waals surface area contributed by atoms with Gasteiger partial charge in [-0.05, 0) is 37.1 Å². The summed E-state index contributed by atoms with van der Waals surface area (Å²) >= 11 is 1.90. The van der Waals surface area contributed by atoms with Gasteiger partial charge >= 0.3 is 0 Å². The Morgan fingerprint density at radius 3 is 2.95 bits per heavy atom. The lowest BCUT2D eigenvalue weighted by Gasteiger charge is -2.46. The van der Waals surface area contributed by atoms with Crippen molar-refractivity contribution in [3.63, 3.8) is 0 Å². The molecule has 0 bridgehead atoms. The van der Waals surface area contributed by atoms with E-state index in [1.807, 2.05) is 11.3 Å². The molecule has 106 valence electrons. The van der Waals surface area contributed by atoms with Crippen LogP contribution in [0.15, 0.2) is 17.5 Å². The van der Waals surface area contributed by atoms with E-state index >= 15 is 0 Å². The van der Waals surface area contributed by atoms with Gasteiger partial charge in [0.2, 0.25) is 0 Å². The van der Waals surface area contributed by atoms with Crippen molar-refractivity contribution < 1.29 is 0 Å². The Balaban J connectivity index is 1.62. The molecule has 1 unspecified atom stereocenters. The van der Waals surface area contributed by atoms with E-state index in [-0.39, 0.29) is 0 Å². The lowest BCUT2D eigenvalue weighted by Crippen LogP contribution is -2.63. The minimum atomic E-state index is 0.459. The average Bonchev–Trinajstić information content (AvgIpc) is 3.09. The predicted molar refractivity (Wildman–Crippen MR) is 82.9 cm³/mol. The van der Waals surface area contributed by atoms with Crippen molar-refractivity contribution in [3.8, 4) is 0 Å². The summed E-state index contributed by atoms with van der Waals surface area (Å²) in [4.78, 5) is 4.30. The van der Waals surface area contributed by atoms with Gasteiger partial charge in [-0.2, -0.15) is 0 Å². The molecule has 1 atom stereocenters. The molecule has 0 aromatic carbocycles. The fourth-order valence-corrected chi connectivity index (χ4v) is 4.49. The van der Waals surface area contributed by atoms with Crippen LogP contribution in [0.3, 0.4) is 0 Å². The molecule has 1 saturated carbocycles. The first-order valence-corrected chi connectivity index (χ1v) is 8.71. The van der Waals surface area contributed by atoms with Gasteiger partial charge in [0.15, 0.2) is 0 Å². The molecular weight excluding hydrogens is 252 g/mol. The van der Waals surface area contributed by atoms with Crippen molar-refractivity contribution in [1.29, 1.82) is 0 Å². The minimum Gasteiger partial charge on any atom is -0.308 e. The Hall–Kier alpha value is -0.380. The summed E-state index contributed by atoms with van der Waals surface area (Å²) in [7, 11) is 0. The zero-order valence-electron chi connectivity index (χ0n) is 12.0. The topological polar surface area (TPSA) is 15.3 Å². The molecule has 2 nitrogen and oxygen atoms in total. The number of nitrogens with zero attached hydrogens (tertiary/aromatic N) is 1. The number of hydrogen-bond donors (Lipinski definition) is 1. The van der Waals surface area contributed by atoms with E-state index in [1.165, 1.54) is 63.0 Å². The highest BCUT2D eigenvalue weighted by Gasteiger charge is 2.40. The molecule has 1 aliphatic carbocycles. The van der Waals surface area contributed by atoms with E-state index in [4.69, 9.17) is 0 Å². The van der Waals surface area contributed by atoms with Crippen LogP contribution in [-0.2, 0) is 6.42 Å². The first-order chi connectivity index (χ1) is 9.31. The molecule has 1 saturated heterocycles. The van der Waals surface area contributed by atoms with E-state index in [0.717, 1.165) is 6.04 Å². The summed E-state index contributed by atoms with van der Waals surface area (Å²) in [5.41, 5.74) is 0.459. The summed E-state index contributed by atoms with van der Waals surface area (Å²) in [5.74, 6) is 0. The van der Waals surface area contributed by atoms with Gasteiger partial charge in [-0.15, -0.1) is 11.3 Å². The molecule has 2 heterocycles. The normalized spacial score (nSPS) is 27.1. The largest absolute Gasteiger partial charge is 0.308 e. The van der Waals surface area contributed by atoms with Crippen LogP contribution < -0.4 is 5.32 Å². The summed E-state index contributed by atoms with van der Waals surface area (Å²) in [6, 6.07) is 5.19. The van der Waals surface area contributed by atoms with E-state index in [2.05, 4.69) is 34.7 Å². The molecule has 2 fully saturated rings. The predicted octanol–water partition coefficient (Wildman–Crippen LogP) is 3.29. The van der Waals surface area contributed by atoms with Crippen LogP contribution in [0.4, 0.5) is 0 Å². The second-order valence-electron chi connectivity index (χ2n) is 6.23. The van der Waals surface area contributed by atoms with Crippen molar-refractivity contribution in [1.82, 2.24) is 10.2 Å². The number of nitrogens with one attached hydrogen (secondary N) is 1. The average molecular weight is 278 g/mol. The monoisotopic (exact) mass is 278 g/mol. The standard InChI is InChI=1S/C16H26N2S/c1-2-14-12-17-16(8-3-4-9-16)13-18(14)10-7-15-6-5-11-19-15/h5-6,11,14,17H,2-4,7-10,12-13H2,1H3. The summed E-state index contributed by atoms with van der Waals surface area (Å²) in [6.45, 7) is 6.04. The van der Waals surface area contributed by atoms with Crippen LogP contribution in [0, 0.1) is 0 Å². The quantitative estimate of drug-likeness (QED) is 0.909. The number of piperazine rings is 1. The van der Waals surface area contributed by atoms with Crippen molar-refractivity contribution in [2.24, 2.45) is 0 Å². The maximum Gasteiger partial charge on any atom is 0.0309 e. The maximum atomic E-state index is 3.88. The van der Waals surface area contributed by atoms with Crippen LogP contribution in [0.1, 0.15) is 43.9 Å². The second kappa shape index (κ2) is 5.94. The van der Waals surface area contributed by atoms with Gasteiger partial charge in [-0.3, -0.25) is 4.90 Å². The lowest BCUT2D eigenvalue weighted by atomic mass is 9.91. The molecule has 1 aromatic heterocycles. The van der Waals surface area contributed by atoms with Gasteiger partial charge < -0.3 is 5.32 Å². The molecule has 3 rings (SSSR count). The molecule has 1 spiro atoms. The molecule has 1 N–H and O–H groups in total. The van der Waals surface area contributed by atoms with Gasteiger partial charge in [0.1, 0.15) is 0 Å². The fraction of sp³-hybridized carbons (Fsp3) is 0.750. The zero-order chi connectivity index (χ0) is 13.1. The second-order valence-corrected chi connectivity index (χ2v) is 7.26. The van der Waals surface area contributed by atoms with E-state index < -0.39 is 0 Å². The van der Waals surface area contributed by atoms with Crippen LogP contribution >= 0.6 is 11.3 Å². The van der Waals surface area contributed by atoms with Crippen molar-refractivity contribution >= 4 is 11.3 Å². The molecule has 0 radical (unpaired) electrons. The summed E-state index contributed by atoms with van der Waals surface area (Å²) < 4.78 is 0. The Bertz CT molecular complexity index is 381. The molecule has 19 heavy (non-hydrogen) atoms. The first kappa shape index (κ1) is 13.6. The van der Waals surface area contributed by atoms with Gasteiger partial charge in [0.25, 0.3) is 0 Å².